The second kappa shape index (κ2) is 4.37. The Morgan fingerprint density at radius 1 is 1.36 bits per heavy atom. The van der Waals surface area contributed by atoms with E-state index in [0.29, 0.717) is 12.0 Å². The first-order chi connectivity index (χ1) is 6.54. The lowest BCUT2D eigenvalue weighted by atomic mass is 10.0. The van der Waals surface area contributed by atoms with Gasteiger partial charge in [-0.2, -0.15) is 0 Å². The second-order valence-corrected chi connectivity index (χ2v) is 3.28. The molecule has 0 aliphatic heterocycles. The first-order valence-corrected chi connectivity index (χ1v) is 4.47. The molecule has 0 aromatic heterocycles. The smallest absolute Gasteiger partial charge is 0.187 e. The number of nitrogens with two attached hydrogens (primary N) is 1. The van der Waals surface area contributed by atoms with Crippen molar-refractivity contribution in [3.05, 3.63) is 29.3 Å². The minimum atomic E-state index is -0.941. The van der Waals surface area contributed by atoms with E-state index in [4.69, 9.17) is 10.8 Å². The third-order valence-corrected chi connectivity index (χ3v) is 2.10. The predicted molar refractivity (Wildman–Crippen MR) is 50.0 cm³/mol. The van der Waals surface area contributed by atoms with Gasteiger partial charge in [-0.15, -0.1) is 0 Å². The molecule has 0 saturated heterocycles. The highest BCUT2D eigenvalue weighted by Crippen LogP contribution is 2.22. The average molecular weight is 201 g/mol. The molecule has 4 heteroatoms. The third kappa shape index (κ3) is 2.42. The molecular weight excluding hydrogens is 188 g/mol. The van der Waals surface area contributed by atoms with Crippen molar-refractivity contribution in [2.45, 2.75) is 25.8 Å². The van der Waals surface area contributed by atoms with E-state index in [2.05, 4.69) is 0 Å². The molecule has 0 aliphatic rings. The molecule has 2 nitrogen and oxygen atoms in total. The lowest BCUT2D eigenvalue weighted by Crippen LogP contribution is -2.21. The Kier molecular flexibility index (Phi) is 3.41. The fraction of sp³-hybridized carbons (Fsp3) is 0.400. The van der Waals surface area contributed by atoms with Crippen molar-refractivity contribution in [3.63, 3.8) is 0 Å². The van der Waals surface area contributed by atoms with Crippen LogP contribution in [-0.4, -0.2) is 11.1 Å². The van der Waals surface area contributed by atoms with Crippen LogP contribution in [-0.2, 0) is 6.42 Å². The average Bonchev–Trinajstić information content (AvgIpc) is 2.14. The van der Waals surface area contributed by atoms with E-state index in [1.54, 1.807) is 0 Å². The molecule has 78 valence electrons. The lowest BCUT2D eigenvalue weighted by molar-refractivity contribution is 0.395. The molecule has 0 saturated carbocycles. The summed E-state index contributed by atoms with van der Waals surface area (Å²) in [7, 11) is 0. The van der Waals surface area contributed by atoms with Crippen molar-refractivity contribution in [1.29, 1.82) is 0 Å². The van der Waals surface area contributed by atoms with Gasteiger partial charge in [0.25, 0.3) is 0 Å². The molecular formula is C10H13F2NO. The Balaban J connectivity index is 2.89. The summed E-state index contributed by atoms with van der Waals surface area (Å²) in [5, 5.41) is 8.84. The van der Waals surface area contributed by atoms with Crippen molar-refractivity contribution >= 4 is 0 Å². The lowest BCUT2D eigenvalue weighted by Gasteiger charge is -2.09. The normalized spacial score (nSPS) is 12.9. The van der Waals surface area contributed by atoms with Crippen molar-refractivity contribution in [1.82, 2.24) is 0 Å². The first kappa shape index (κ1) is 10.9. The van der Waals surface area contributed by atoms with Gasteiger partial charge in [-0.1, -0.05) is 6.92 Å². The molecule has 0 amide bonds. The molecule has 1 aromatic carbocycles. The van der Waals surface area contributed by atoms with E-state index in [0.717, 1.165) is 18.6 Å². The van der Waals surface area contributed by atoms with Crippen LogP contribution in [0.1, 0.15) is 18.9 Å². The van der Waals surface area contributed by atoms with E-state index < -0.39 is 17.4 Å². The Bertz CT molecular complexity index is 305. The van der Waals surface area contributed by atoms with Gasteiger partial charge in [0.05, 0.1) is 0 Å². The van der Waals surface area contributed by atoms with Crippen LogP contribution in [0.2, 0.25) is 0 Å². The highest BCUT2D eigenvalue weighted by Gasteiger charge is 2.10. The fourth-order valence-corrected chi connectivity index (χ4v) is 1.18. The van der Waals surface area contributed by atoms with Crippen LogP contribution in [0.15, 0.2) is 12.1 Å². The van der Waals surface area contributed by atoms with Crippen LogP contribution in [0.25, 0.3) is 0 Å². The van der Waals surface area contributed by atoms with E-state index >= 15 is 0 Å². The highest BCUT2D eigenvalue weighted by molar-refractivity contribution is 5.30. The molecule has 0 aliphatic carbocycles. The van der Waals surface area contributed by atoms with Gasteiger partial charge in [0.2, 0.25) is 0 Å². The van der Waals surface area contributed by atoms with Crippen LogP contribution in [0, 0.1) is 11.6 Å². The number of phenolic OH excluding ortho intramolecular Hbond substituents is 1. The van der Waals surface area contributed by atoms with Gasteiger partial charge in [-0.25, -0.2) is 8.78 Å². The molecule has 0 bridgehead atoms. The summed E-state index contributed by atoms with van der Waals surface area (Å²) in [6, 6.07) is 2.10. The maximum Gasteiger partial charge on any atom is 0.187 e. The van der Waals surface area contributed by atoms with E-state index in [9.17, 15) is 8.78 Å². The Hall–Kier alpha value is -1.16. The van der Waals surface area contributed by atoms with Crippen molar-refractivity contribution < 1.29 is 13.9 Å². The molecule has 3 N–H and O–H groups in total. The number of hydrogen-bond donors (Lipinski definition) is 2. The zero-order valence-corrected chi connectivity index (χ0v) is 7.93. The zero-order chi connectivity index (χ0) is 10.7. The first-order valence-electron chi connectivity index (χ1n) is 4.47. The predicted octanol–water partition coefficient (Wildman–Crippen LogP) is 1.95. The van der Waals surface area contributed by atoms with Gasteiger partial charge in [0, 0.05) is 6.04 Å². The number of phenols is 1. The largest absolute Gasteiger partial charge is 0.503 e. The number of hydrogen-bond acceptors (Lipinski definition) is 2. The molecule has 1 rings (SSSR count). The maximum absolute atomic E-state index is 12.9. The van der Waals surface area contributed by atoms with Crippen LogP contribution < -0.4 is 5.73 Å². The number of benzene rings is 1. The summed E-state index contributed by atoms with van der Waals surface area (Å²) in [4.78, 5) is 0. The summed E-state index contributed by atoms with van der Waals surface area (Å²) in [6.45, 7) is 1.90. The summed E-state index contributed by atoms with van der Waals surface area (Å²) >= 11 is 0. The van der Waals surface area contributed by atoms with Gasteiger partial charge in [-0.05, 0) is 30.5 Å². The molecule has 14 heavy (non-hydrogen) atoms. The van der Waals surface area contributed by atoms with E-state index in [1.807, 2.05) is 6.92 Å². The van der Waals surface area contributed by atoms with Gasteiger partial charge >= 0.3 is 0 Å². The Morgan fingerprint density at radius 2 is 1.86 bits per heavy atom. The number of rotatable bonds is 3. The monoisotopic (exact) mass is 201 g/mol. The number of halogens is 2. The molecule has 0 radical (unpaired) electrons. The van der Waals surface area contributed by atoms with Gasteiger partial charge in [-0.3, -0.25) is 0 Å². The summed E-state index contributed by atoms with van der Waals surface area (Å²) in [5.41, 5.74) is 6.10. The summed E-state index contributed by atoms with van der Waals surface area (Å²) in [5.74, 6) is -2.81. The minimum absolute atomic E-state index is 0.113. The van der Waals surface area contributed by atoms with Crippen molar-refractivity contribution in [2.24, 2.45) is 5.73 Å². The molecule has 0 fully saturated rings. The summed E-state index contributed by atoms with van der Waals surface area (Å²) < 4.78 is 25.7. The third-order valence-electron chi connectivity index (χ3n) is 2.10. The Morgan fingerprint density at radius 3 is 2.29 bits per heavy atom. The molecule has 0 heterocycles. The SMILES string of the molecule is CCC(N)Cc1cc(F)c(O)c(F)c1. The van der Waals surface area contributed by atoms with Crippen LogP contribution >= 0.6 is 0 Å². The molecule has 1 atom stereocenters. The van der Waals surface area contributed by atoms with Crippen LogP contribution in [0.3, 0.4) is 0 Å². The number of aromatic hydroxyl groups is 1. The van der Waals surface area contributed by atoms with Crippen LogP contribution in [0.4, 0.5) is 8.78 Å². The summed E-state index contributed by atoms with van der Waals surface area (Å²) in [6.07, 6.45) is 1.15. The van der Waals surface area contributed by atoms with Gasteiger partial charge < -0.3 is 10.8 Å². The quantitative estimate of drug-likeness (QED) is 0.785. The standard InChI is InChI=1S/C10H13F2NO/c1-2-7(13)3-6-4-8(11)10(14)9(12)5-6/h4-5,7,14H,2-3,13H2,1H3. The van der Waals surface area contributed by atoms with E-state index in [1.165, 1.54) is 0 Å². The molecule has 1 unspecified atom stereocenters. The molecule has 1 aromatic rings. The fourth-order valence-electron chi connectivity index (χ4n) is 1.18. The zero-order valence-electron chi connectivity index (χ0n) is 7.93. The Labute approximate surface area is 81.4 Å². The van der Waals surface area contributed by atoms with Crippen molar-refractivity contribution in [3.8, 4) is 5.75 Å². The minimum Gasteiger partial charge on any atom is -0.503 e. The van der Waals surface area contributed by atoms with Gasteiger partial charge in [0.15, 0.2) is 17.4 Å². The van der Waals surface area contributed by atoms with Crippen molar-refractivity contribution in [2.75, 3.05) is 0 Å². The second-order valence-electron chi connectivity index (χ2n) is 3.28. The van der Waals surface area contributed by atoms with Crippen LogP contribution in [0.5, 0.6) is 5.75 Å². The maximum atomic E-state index is 12.9. The van der Waals surface area contributed by atoms with E-state index in [-0.39, 0.29) is 6.04 Å². The molecule has 0 spiro atoms. The topological polar surface area (TPSA) is 46.2 Å². The highest BCUT2D eigenvalue weighted by atomic mass is 19.1. The van der Waals surface area contributed by atoms with Gasteiger partial charge in [0.1, 0.15) is 0 Å².